The monoisotopic (exact) mass is 421 g/mol. The number of hydrogen-bond acceptors (Lipinski definition) is 4. The van der Waals surface area contributed by atoms with Gasteiger partial charge in [0.2, 0.25) is 11.8 Å². The number of hydrogen-bond donors (Lipinski definition) is 1. The van der Waals surface area contributed by atoms with E-state index in [1.54, 1.807) is 30.3 Å². The fraction of sp³-hybridized carbons (Fsp3) is 0.176. The van der Waals surface area contributed by atoms with Crippen molar-refractivity contribution < 1.29 is 14.4 Å². The van der Waals surface area contributed by atoms with E-state index in [4.69, 9.17) is 11.6 Å². The largest absolute Gasteiger partial charge is 0.322 e. The molecule has 1 aromatic heterocycles. The second-order valence-electron chi connectivity index (χ2n) is 5.47. The van der Waals surface area contributed by atoms with Crippen molar-refractivity contribution >= 4 is 56.6 Å². The van der Waals surface area contributed by atoms with E-state index >= 15 is 0 Å². The number of aromatic nitrogens is 1. The maximum atomic E-state index is 12.3. The van der Waals surface area contributed by atoms with E-state index in [1.165, 1.54) is 11.1 Å². The van der Waals surface area contributed by atoms with Gasteiger partial charge in [-0.05, 0) is 52.7 Å². The number of halogens is 2. The second kappa shape index (κ2) is 7.33. The van der Waals surface area contributed by atoms with E-state index in [9.17, 15) is 14.4 Å². The summed E-state index contributed by atoms with van der Waals surface area (Å²) in [5.41, 5.74) is 1.25. The van der Waals surface area contributed by atoms with Gasteiger partial charge in [0, 0.05) is 29.2 Å². The molecule has 0 atom stereocenters. The highest BCUT2D eigenvalue weighted by atomic mass is 79.9. The third-order valence-corrected chi connectivity index (χ3v) is 4.45. The third kappa shape index (κ3) is 3.88. The quantitative estimate of drug-likeness (QED) is 0.603. The van der Waals surface area contributed by atoms with Crippen LogP contribution in [0.4, 0.5) is 11.4 Å². The van der Waals surface area contributed by atoms with E-state index in [0.717, 1.165) is 0 Å². The van der Waals surface area contributed by atoms with Crippen LogP contribution in [-0.4, -0.2) is 22.7 Å². The summed E-state index contributed by atoms with van der Waals surface area (Å²) in [5, 5.41) is 2.81. The molecule has 0 spiro atoms. The van der Waals surface area contributed by atoms with Crippen molar-refractivity contribution in [2.24, 2.45) is 0 Å². The van der Waals surface area contributed by atoms with Crippen LogP contribution < -0.4 is 10.2 Å². The fourth-order valence-corrected chi connectivity index (χ4v) is 3.04. The summed E-state index contributed by atoms with van der Waals surface area (Å²) >= 11 is 9.19. The van der Waals surface area contributed by atoms with Crippen LogP contribution in [0.5, 0.6) is 0 Å². The van der Waals surface area contributed by atoms with Gasteiger partial charge in [-0.15, -0.1) is 0 Å². The lowest BCUT2D eigenvalue weighted by Gasteiger charge is -2.24. The maximum absolute atomic E-state index is 12.3. The average molecular weight is 423 g/mol. The molecule has 1 aromatic carbocycles. The molecule has 1 aliphatic rings. The van der Waals surface area contributed by atoms with Crippen LogP contribution in [-0.2, 0) is 9.59 Å². The molecule has 0 bridgehead atoms. The lowest BCUT2D eigenvalue weighted by Crippen LogP contribution is -2.40. The summed E-state index contributed by atoms with van der Waals surface area (Å²) in [6.45, 7) is 0. The van der Waals surface area contributed by atoms with E-state index in [2.05, 4.69) is 26.2 Å². The minimum absolute atomic E-state index is 0.0989. The summed E-state index contributed by atoms with van der Waals surface area (Å²) in [5.74, 6) is -0.822. The molecule has 0 saturated carbocycles. The van der Waals surface area contributed by atoms with Gasteiger partial charge in [0.1, 0.15) is 5.15 Å². The van der Waals surface area contributed by atoms with Crippen LogP contribution in [0.15, 0.2) is 41.0 Å². The van der Waals surface area contributed by atoms with Crippen molar-refractivity contribution in [1.82, 2.24) is 4.98 Å². The number of carbonyl (C=O) groups is 3. The zero-order valence-electron chi connectivity index (χ0n) is 13.0. The fourth-order valence-electron chi connectivity index (χ4n) is 2.52. The smallest absolute Gasteiger partial charge is 0.258 e. The Hall–Kier alpha value is -2.25. The Balaban J connectivity index is 1.76. The van der Waals surface area contributed by atoms with Gasteiger partial charge in [0.15, 0.2) is 0 Å². The number of carbonyl (C=O) groups excluding carboxylic acids is 3. The van der Waals surface area contributed by atoms with Crippen molar-refractivity contribution in [3.63, 3.8) is 0 Å². The molecule has 3 rings (SSSR count). The molecule has 0 aliphatic carbocycles. The molecule has 128 valence electrons. The zero-order chi connectivity index (χ0) is 18.0. The highest BCUT2D eigenvalue weighted by Gasteiger charge is 2.27. The standard InChI is InChI=1S/C17H13BrClN3O3/c18-10-8-13(16(19)20-9-10)17(25)21-11-4-6-12(7-5-11)22-14(23)2-1-3-15(22)24/h4-9H,1-3H2,(H,21,25). The average Bonchev–Trinajstić information content (AvgIpc) is 2.58. The first kappa shape index (κ1) is 17.6. The summed E-state index contributed by atoms with van der Waals surface area (Å²) in [7, 11) is 0. The first-order valence-electron chi connectivity index (χ1n) is 7.54. The third-order valence-electron chi connectivity index (χ3n) is 3.71. The topological polar surface area (TPSA) is 79.4 Å². The maximum Gasteiger partial charge on any atom is 0.258 e. The van der Waals surface area contributed by atoms with E-state index in [0.29, 0.717) is 35.1 Å². The predicted octanol–water partition coefficient (Wildman–Crippen LogP) is 3.79. The predicted molar refractivity (Wildman–Crippen MR) is 97.7 cm³/mol. The number of nitrogens with one attached hydrogen (secondary N) is 1. The molecular formula is C17H13BrClN3O3. The molecule has 0 unspecified atom stereocenters. The van der Waals surface area contributed by atoms with Crippen LogP contribution in [0, 0.1) is 0 Å². The Morgan fingerprint density at radius 2 is 1.80 bits per heavy atom. The van der Waals surface area contributed by atoms with Crippen LogP contribution >= 0.6 is 27.5 Å². The number of imide groups is 1. The highest BCUT2D eigenvalue weighted by molar-refractivity contribution is 9.10. The molecule has 1 N–H and O–H groups in total. The summed E-state index contributed by atoms with van der Waals surface area (Å²) in [6, 6.07) is 8.07. The van der Waals surface area contributed by atoms with Crippen LogP contribution in [0.25, 0.3) is 0 Å². The van der Waals surface area contributed by atoms with Gasteiger partial charge in [-0.3, -0.25) is 19.3 Å². The van der Waals surface area contributed by atoms with Gasteiger partial charge in [0.25, 0.3) is 5.91 Å². The minimum Gasteiger partial charge on any atom is -0.322 e. The van der Waals surface area contributed by atoms with Crippen LogP contribution in [0.3, 0.4) is 0 Å². The number of anilines is 2. The second-order valence-corrected chi connectivity index (χ2v) is 6.74. The molecule has 1 saturated heterocycles. The molecule has 0 radical (unpaired) electrons. The van der Waals surface area contributed by atoms with E-state index in [1.807, 2.05) is 0 Å². The van der Waals surface area contributed by atoms with Gasteiger partial charge < -0.3 is 5.32 Å². The Morgan fingerprint density at radius 1 is 1.16 bits per heavy atom. The molecular weight excluding hydrogens is 410 g/mol. The van der Waals surface area contributed by atoms with E-state index in [-0.39, 0.29) is 22.5 Å². The van der Waals surface area contributed by atoms with Gasteiger partial charge >= 0.3 is 0 Å². The lowest BCUT2D eigenvalue weighted by molar-refractivity contribution is -0.129. The van der Waals surface area contributed by atoms with Crippen molar-refractivity contribution in [3.05, 3.63) is 51.7 Å². The normalized spacial score (nSPS) is 14.6. The zero-order valence-corrected chi connectivity index (χ0v) is 15.3. The SMILES string of the molecule is O=C(Nc1ccc(N2C(=O)CCCC2=O)cc1)c1cc(Br)cnc1Cl. The Morgan fingerprint density at radius 3 is 2.44 bits per heavy atom. The molecule has 2 heterocycles. The van der Waals surface area contributed by atoms with Gasteiger partial charge in [-0.2, -0.15) is 0 Å². The number of benzene rings is 1. The van der Waals surface area contributed by atoms with Crippen LogP contribution in [0.2, 0.25) is 5.15 Å². The van der Waals surface area contributed by atoms with Gasteiger partial charge in [-0.25, -0.2) is 4.98 Å². The van der Waals surface area contributed by atoms with Crippen molar-refractivity contribution in [2.45, 2.75) is 19.3 Å². The lowest BCUT2D eigenvalue weighted by atomic mass is 10.1. The van der Waals surface area contributed by atoms with Crippen molar-refractivity contribution in [2.75, 3.05) is 10.2 Å². The first-order valence-corrected chi connectivity index (χ1v) is 8.71. The number of nitrogens with zero attached hydrogens (tertiary/aromatic N) is 2. The first-order chi connectivity index (χ1) is 12.0. The Bertz CT molecular complexity index is 839. The molecule has 25 heavy (non-hydrogen) atoms. The summed E-state index contributed by atoms with van der Waals surface area (Å²) in [6.07, 6.45) is 2.81. The van der Waals surface area contributed by atoms with Gasteiger partial charge in [0.05, 0.1) is 11.3 Å². The number of piperidine rings is 1. The number of amides is 3. The molecule has 1 fully saturated rings. The van der Waals surface area contributed by atoms with E-state index < -0.39 is 5.91 Å². The van der Waals surface area contributed by atoms with Crippen molar-refractivity contribution in [1.29, 1.82) is 0 Å². The number of rotatable bonds is 3. The molecule has 2 aromatic rings. The number of pyridine rings is 1. The summed E-state index contributed by atoms with van der Waals surface area (Å²) in [4.78, 5) is 41.3. The van der Waals surface area contributed by atoms with Crippen molar-refractivity contribution in [3.8, 4) is 0 Å². The van der Waals surface area contributed by atoms with Gasteiger partial charge in [-0.1, -0.05) is 11.6 Å². The van der Waals surface area contributed by atoms with Crippen LogP contribution in [0.1, 0.15) is 29.6 Å². The molecule has 3 amide bonds. The summed E-state index contributed by atoms with van der Waals surface area (Å²) < 4.78 is 0.638. The minimum atomic E-state index is -0.406. The molecule has 8 heteroatoms. The molecule has 6 nitrogen and oxygen atoms in total. The Labute approximate surface area is 157 Å². The Kier molecular flexibility index (Phi) is 5.15. The highest BCUT2D eigenvalue weighted by Crippen LogP contribution is 2.24. The molecule has 1 aliphatic heterocycles.